The summed E-state index contributed by atoms with van der Waals surface area (Å²) in [5, 5.41) is 3.78. The number of pyridine rings is 1. The molecule has 2 heterocycles. The minimum Gasteiger partial charge on any atom is -0.371 e. The van der Waals surface area contributed by atoms with Crippen molar-refractivity contribution >= 4 is 22.5 Å². The van der Waals surface area contributed by atoms with E-state index in [1.807, 2.05) is 42.5 Å². The van der Waals surface area contributed by atoms with Crippen molar-refractivity contribution in [1.29, 1.82) is 0 Å². The smallest absolute Gasteiger partial charge is 0.252 e. The van der Waals surface area contributed by atoms with Gasteiger partial charge in [0, 0.05) is 42.3 Å². The number of hydrogen-bond donors (Lipinski definition) is 2. The molecule has 1 aromatic heterocycles. The first-order valence-electron chi connectivity index (χ1n) is 8.91. The summed E-state index contributed by atoms with van der Waals surface area (Å²) in [6, 6.07) is 19.1. The Morgan fingerprint density at radius 2 is 1.88 bits per heavy atom. The number of carbonyl (C=O) groups excluding carboxylic acids is 1. The van der Waals surface area contributed by atoms with Crippen LogP contribution in [0, 0.1) is 5.92 Å². The number of nitrogens with zero attached hydrogens (tertiary/aromatic N) is 1. The van der Waals surface area contributed by atoms with E-state index in [1.165, 1.54) is 11.8 Å². The minimum atomic E-state index is -0.259. The van der Waals surface area contributed by atoms with Gasteiger partial charge in [0.25, 0.3) is 5.91 Å². The van der Waals surface area contributed by atoms with Crippen molar-refractivity contribution in [2.75, 3.05) is 24.5 Å². The summed E-state index contributed by atoms with van der Waals surface area (Å²) in [5.41, 5.74) is 2.08. The molecule has 0 saturated carbocycles. The molecule has 2 N–H and O–H groups in total. The van der Waals surface area contributed by atoms with Crippen molar-refractivity contribution in [1.82, 2.24) is 10.3 Å². The van der Waals surface area contributed by atoms with Gasteiger partial charge >= 0.3 is 0 Å². The average Bonchev–Trinajstić information content (AvgIpc) is 3.15. The first-order chi connectivity index (χ1) is 12.7. The fourth-order valence-electron chi connectivity index (χ4n) is 3.60. The molecule has 1 saturated heterocycles. The highest BCUT2D eigenvalue weighted by Gasteiger charge is 2.23. The summed E-state index contributed by atoms with van der Waals surface area (Å²) in [6.45, 7) is 2.54. The number of benzene rings is 2. The fraction of sp³-hybridized carbons (Fsp3) is 0.238. The van der Waals surface area contributed by atoms with Gasteiger partial charge in [-0.1, -0.05) is 36.4 Å². The topological polar surface area (TPSA) is 65.2 Å². The number of H-pyrrole nitrogens is 1. The molecule has 4 rings (SSSR count). The van der Waals surface area contributed by atoms with E-state index in [9.17, 15) is 9.59 Å². The molecular weight excluding hydrogens is 326 g/mol. The van der Waals surface area contributed by atoms with E-state index < -0.39 is 0 Å². The van der Waals surface area contributed by atoms with Crippen LogP contribution in [0.1, 0.15) is 16.8 Å². The summed E-state index contributed by atoms with van der Waals surface area (Å²) < 4.78 is 0. The predicted molar refractivity (Wildman–Crippen MR) is 104 cm³/mol. The fourth-order valence-corrected chi connectivity index (χ4v) is 3.60. The quantitative estimate of drug-likeness (QED) is 0.763. The van der Waals surface area contributed by atoms with Gasteiger partial charge < -0.3 is 15.2 Å². The maximum atomic E-state index is 12.6. The third-order valence-electron chi connectivity index (χ3n) is 4.95. The van der Waals surface area contributed by atoms with Crippen molar-refractivity contribution in [3.8, 4) is 0 Å². The number of para-hydroxylation sites is 2. The van der Waals surface area contributed by atoms with Crippen LogP contribution in [0.5, 0.6) is 0 Å². The summed E-state index contributed by atoms with van der Waals surface area (Å²) in [4.78, 5) is 29.6. The van der Waals surface area contributed by atoms with Crippen LogP contribution in [0.25, 0.3) is 10.9 Å². The summed E-state index contributed by atoms with van der Waals surface area (Å²) in [7, 11) is 0. The van der Waals surface area contributed by atoms with E-state index in [2.05, 4.69) is 27.3 Å². The van der Waals surface area contributed by atoms with Crippen LogP contribution < -0.4 is 15.8 Å². The molecule has 1 fully saturated rings. The molecule has 1 atom stereocenters. The maximum absolute atomic E-state index is 12.6. The minimum absolute atomic E-state index is 0.189. The van der Waals surface area contributed by atoms with Crippen LogP contribution in [0.2, 0.25) is 0 Å². The monoisotopic (exact) mass is 347 g/mol. The largest absolute Gasteiger partial charge is 0.371 e. The van der Waals surface area contributed by atoms with Gasteiger partial charge in [-0.05, 0) is 30.5 Å². The normalized spacial score (nSPS) is 16.8. The van der Waals surface area contributed by atoms with Gasteiger partial charge in [0.2, 0.25) is 5.56 Å². The lowest BCUT2D eigenvalue weighted by Crippen LogP contribution is -2.31. The molecule has 0 unspecified atom stereocenters. The lowest BCUT2D eigenvalue weighted by molar-refractivity contribution is 0.0949. The molecule has 5 nitrogen and oxygen atoms in total. The highest BCUT2D eigenvalue weighted by atomic mass is 16.2. The number of amides is 1. The Balaban J connectivity index is 1.43. The van der Waals surface area contributed by atoms with E-state index in [-0.39, 0.29) is 11.5 Å². The van der Waals surface area contributed by atoms with E-state index in [0.29, 0.717) is 23.5 Å². The molecule has 0 aliphatic carbocycles. The van der Waals surface area contributed by atoms with Crippen molar-refractivity contribution < 1.29 is 4.79 Å². The Hall–Kier alpha value is -3.08. The Morgan fingerprint density at radius 3 is 2.73 bits per heavy atom. The molecular formula is C21H21N3O2. The molecule has 0 spiro atoms. The zero-order chi connectivity index (χ0) is 17.9. The number of nitrogens with one attached hydrogen (secondary N) is 2. The average molecular weight is 347 g/mol. The summed E-state index contributed by atoms with van der Waals surface area (Å²) in [6.07, 6.45) is 1.05. The number of aromatic amines is 1. The number of rotatable bonds is 4. The summed E-state index contributed by atoms with van der Waals surface area (Å²) in [5.74, 6) is 0.220. The highest BCUT2D eigenvalue weighted by Crippen LogP contribution is 2.23. The SMILES string of the molecule is O=C(NC[C@H]1CCN(c2ccccc2)C1)c1cc(=O)[nH]c2ccccc12. The number of fused-ring (bicyclic) bond motifs is 1. The van der Waals surface area contributed by atoms with Gasteiger partial charge in [-0.3, -0.25) is 9.59 Å². The molecule has 132 valence electrons. The molecule has 26 heavy (non-hydrogen) atoms. The molecule has 1 aliphatic rings. The molecule has 0 bridgehead atoms. The third kappa shape index (κ3) is 3.33. The molecule has 2 aromatic carbocycles. The van der Waals surface area contributed by atoms with Gasteiger partial charge in [-0.15, -0.1) is 0 Å². The molecule has 3 aromatic rings. The second kappa shape index (κ2) is 7.04. The van der Waals surface area contributed by atoms with Crippen LogP contribution in [0.15, 0.2) is 65.5 Å². The Labute approximate surface area is 151 Å². The van der Waals surface area contributed by atoms with E-state index in [1.54, 1.807) is 0 Å². The van der Waals surface area contributed by atoms with Crippen molar-refractivity contribution in [2.24, 2.45) is 5.92 Å². The van der Waals surface area contributed by atoms with E-state index in [4.69, 9.17) is 0 Å². The Morgan fingerprint density at radius 1 is 1.12 bits per heavy atom. The van der Waals surface area contributed by atoms with Gasteiger partial charge in [0.1, 0.15) is 0 Å². The lowest BCUT2D eigenvalue weighted by atomic mass is 10.1. The van der Waals surface area contributed by atoms with Crippen LogP contribution in [-0.2, 0) is 0 Å². The highest BCUT2D eigenvalue weighted by molar-refractivity contribution is 6.05. The van der Waals surface area contributed by atoms with Crippen LogP contribution in [-0.4, -0.2) is 30.5 Å². The molecule has 0 radical (unpaired) electrons. The molecule has 1 aliphatic heterocycles. The Bertz CT molecular complexity index is 981. The molecule has 5 heteroatoms. The number of anilines is 1. The van der Waals surface area contributed by atoms with E-state index in [0.717, 1.165) is 24.9 Å². The van der Waals surface area contributed by atoms with Gasteiger partial charge in [-0.25, -0.2) is 0 Å². The van der Waals surface area contributed by atoms with Crippen LogP contribution in [0.3, 0.4) is 0 Å². The second-order valence-corrected chi connectivity index (χ2v) is 6.74. The summed E-state index contributed by atoms with van der Waals surface area (Å²) >= 11 is 0. The first kappa shape index (κ1) is 16.4. The van der Waals surface area contributed by atoms with E-state index >= 15 is 0 Å². The third-order valence-corrected chi connectivity index (χ3v) is 4.95. The second-order valence-electron chi connectivity index (χ2n) is 6.74. The number of aromatic nitrogens is 1. The molecule has 1 amide bonds. The standard InChI is InChI=1S/C21H21N3O2/c25-20-12-18(17-8-4-5-9-19(17)23-20)21(26)22-13-15-10-11-24(14-15)16-6-2-1-3-7-16/h1-9,12,15H,10-11,13-14H2,(H,22,26)(H,23,25)/t15-/m1/s1. The number of hydrogen-bond acceptors (Lipinski definition) is 3. The van der Waals surface area contributed by atoms with Crippen LogP contribution >= 0.6 is 0 Å². The Kier molecular flexibility index (Phi) is 4.44. The number of carbonyl (C=O) groups is 1. The maximum Gasteiger partial charge on any atom is 0.252 e. The van der Waals surface area contributed by atoms with Gasteiger partial charge in [0.05, 0.1) is 5.56 Å². The van der Waals surface area contributed by atoms with Gasteiger partial charge in [-0.2, -0.15) is 0 Å². The van der Waals surface area contributed by atoms with Crippen LogP contribution in [0.4, 0.5) is 5.69 Å². The predicted octanol–water partition coefficient (Wildman–Crippen LogP) is 2.78. The van der Waals surface area contributed by atoms with Crippen molar-refractivity contribution in [3.05, 3.63) is 76.6 Å². The lowest BCUT2D eigenvalue weighted by Gasteiger charge is -2.18. The first-order valence-corrected chi connectivity index (χ1v) is 8.91. The van der Waals surface area contributed by atoms with Crippen molar-refractivity contribution in [2.45, 2.75) is 6.42 Å². The van der Waals surface area contributed by atoms with Crippen molar-refractivity contribution in [3.63, 3.8) is 0 Å². The zero-order valence-corrected chi connectivity index (χ0v) is 14.4. The van der Waals surface area contributed by atoms with Gasteiger partial charge in [0.15, 0.2) is 0 Å². The zero-order valence-electron chi connectivity index (χ0n) is 14.4.